The molecule has 1 aliphatic heterocycles. The Morgan fingerprint density at radius 3 is 2.43 bits per heavy atom. The Bertz CT molecular complexity index is 854. The van der Waals surface area contributed by atoms with Crippen molar-refractivity contribution in [3.8, 4) is 11.5 Å². The van der Waals surface area contributed by atoms with Gasteiger partial charge in [-0.2, -0.15) is 0 Å². The molecule has 6 nitrogen and oxygen atoms in total. The molecule has 160 valence electrons. The average Bonchev–Trinajstić information content (AvgIpc) is 2.80. The van der Waals surface area contributed by atoms with Crippen LogP contribution in [0.2, 0.25) is 0 Å². The summed E-state index contributed by atoms with van der Waals surface area (Å²) in [5, 5.41) is 2.69. The fraction of sp³-hybridized carbons (Fsp3) is 0.417. The number of benzene rings is 2. The van der Waals surface area contributed by atoms with Gasteiger partial charge >= 0.3 is 0 Å². The Morgan fingerprint density at radius 1 is 1.00 bits per heavy atom. The van der Waals surface area contributed by atoms with Gasteiger partial charge in [0.2, 0.25) is 11.8 Å². The van der Waals surface area contributed by atoms with E-state index < -0.39 is 6.04 Å². The van der Waals surface area contributed by atoms with Crippen molar-refractivity contribution in [2.75, 3.05) is 26.8 Å². The van der Waals surface area contributed by atoms with Gasteiger partial charge in [0.25, 0.3) is 0 Å². The first-order valence-electron chi connectivity index (χ1n) is 10.6. The predicted octanol–water partition coefficient (Wildman–Crippen LogP) is 2.99. The van der Waals surface area contributed by atoms with Crippen LogP contribution in [0.3, 0.4) is 0 Å². The number of fused-ring (bicyclic) bond motifs is 1. The van der Waals surface area contributed by atoms with Crippen molar-refractivity contribution >= 4 is 11.8 Å². The lowest BCUT2D eigenvalue weighted by Crippen LogP contribution is -2.49. The van der Waals surface area contributed by atoms with Gasteiger partial charge in [-0.15, -0.1) is 0 Å². The summed E-state index contributed by atoms with van der Waals surface area (Å²) in [7, 11) is 1.61. The van der Waals surface area contributed by atoms with Gasteiger partial charge in [0, 0.05) is 20.0 Å². The number of carbonyl (C=O) groups is 2. The third kappa shape index (κ3) is 5.53. The van der Waals surface area contributed by atoms with Crippen LogP contribution in [-0.4, -0.2) is 49.6 Å². The molecule has 1 heterocycles. The van der Waals surface area contributed by atoms with Crippen molar-refractivity contribution < 1.29 is 19.1 Å². The van der Waals surface area contributed by atoms with Crippen LogP contribution in [0, 0.1) is 0 Å². The summed E-state index contributed by atoms with van der Waals surface area (Å²) in [6.07, 6.45) is 2.21. The maximum absolute atomic E-state index is 13.1. The van der Waals surface area contributed by atoms with E-state index in [9.17, 15) is 9.59 Å². The van der Waals surface area contributed by atoms with Crippen molar-refractivity contribution in [1.29, 1.82) is 0 Å². The van der Waals surface area contributed by atoms with Gasteiger partial charge in [-0.1, -0.05) is 43.3 Å². The highest BCUT2D eigenvalue weighted by Crippen LogP contribution is 2.31. The Balaban J connectivity index is 1.68. The molecule has 0 unspecified atom stereocenters. The molecular weight excluding hydrogens is 380 g/mol. The van der Waals surface area contributed by atoms with Crippen molar-refractivity contribution in [2.45, 2.75) is 38.6 Å². The van der Waals surface area contributed by atoms with E-state index in [2.05, 4.69) is 5.32 Å². The van der Waals surface area contributed by atoms with Crippen molar-refractivity contribution in [1.82, 2.24) is 10.2 Å². The predicted molar refractivity (Wildman–Crippen MR) is 116 cm³/mol. The number of carbonyl (C=O) groups excluding carboxylic acids is 2. The number of hydrogen-bond donors (Lipinski definition) is 1. The van der Waals surface area contributed by atoms with E-state index in [0.29, 0.717) is 45.4 Å². The van der Waals surface area contributed by atoms with E-state index in [1.54, 1.807) is 11.9 Å². The van der Waals surface area contributed by atoms with Crippen LogP contribution in [0.5, 0.6) is 11.5 Å². The fourth-order valence-corrected chi connectivity index (χ4v) is 3.70. The van der Waals surface area contributed by atoms with Gasteiger partial charge in [0.15, 0.2) is 11.5 Å². The van der Waals surface area contributed by atoms with Crippen LogP contribution in [0.15, 0.2) is 48.5 Å². The third-order valence-electron chi connectivity index (χ3n) is 5.35. The highest BCUT2D eigenvalue weighted by Gasteiger charge is 2.27. The Morgan fingerprint density at radius 2 is 1.73 bits per heavy atom. The summed E-state index contributed by atoms with van der Waals surface area (Å²) in [5.41, 5.74) is 2.16. The number of amides is 2. The maximum atomic E-state index is 13.1. The summed E-state index contributed by atoms with van der Waals surface area (Å²) in [4.78, 5) is 27.3. The summed E-state index contributed by atoms with van der Waals surface area (Å²) in [6, 6.07) is 15.3. The lowest BCUT2D eigenvalue weighted by molar-refractivity contribution is -0.140. The molecule has 0 aliphatic carbocycles. The van der Waals surface area contributed by atoms with Crippen molar-refractivity contribution in [2.24, 2.45) is 0 Å². The van der Waals surface area contributed by atoms with Gasteiger partial charge in [0.05, 0.1) is 0 Å². The SMILES string of the molecule is CC[C@H](C(=O)NC)N(CCc1ccccc1)C(=O)CCc1ccc2c(c1)OCCO2. The van der Waals surface area contributed by atoms with Crippen LogP contribution >= 0.6 is 0 Å². The summed E-state index contributed by atoms with van der Waals surface area (Å²) in [5.74, 6) is 1.32. The quantitative estimate of drug-likeness (QED) is 0.690. The monoisotopic (exact) mass is 410 g/mol. The minimum atomic E-state index is -0.466. The van der Waals surface area contributed by atoms with E-state index in [0.717, 1.165) is 22.6 Å². The molecule has 6 heteroatoms. The summed E-state index contributed by atoms with van der Waals surface area (Å²) >= 11 is 0. The number of ether oxygens (including phenoxy) is 2. The minimum absolute atomic E-state index is 0.0173. The van der Waals surface area contributed by atoms with Gasteiger partial charge < -0.3 is 19.7 Å². The first-order valence-corrected chi connectivity index (χ1v) is 10.6. The first kappa shape index (κ1) is 21.7. The highest BCUT2D eigenvalue weighted by atomic mass is 16.6. The van der Waals surface area contributed by atoms with Crippen LogP contribution < -0.4 is 14.8 Å². The van der Waals surface area contributed by atoms with E-state index >= 15 is 0 Å². The summed E-state index contributed by atoms with van der Waals surface area (Å²) < 4.78 is 11.2. The van der Waals surface area contributed by atoms with Gasteiger partial charge in [-0.05, 0) is 42.5 Å². The van der Waals surface area contributed by atoms with E-state index in [1.807, 2.05) is 55.5 Å². The molecule has 2 amide bonds. The zero-order valence-electron chi connectivity index (χ0n) is 17.7. The number of likely N-dealkylation sites (N-methyl/N-ethyl adjacent to an activating group) is 1. The second-order valence-electron chi connectivity index (χ2n) is 7.34. The van der Waals surface area contributed by atoms with Gasteiger partial charge in [-0.25, -0.2) is 0 Å². The zero-order valence-corrected chi connectivity index (χ0v) is 17.7. The second-order valence-corrected chi connectivity index (χ2v) is 7.34. The number of nitrogens with one attached hydrogen (secondary N) is 1. The minimum Gasteiger partial charge on any atom is -0.486 e. The van der Waals surface area contributed by atoms with Crippen molar-refractivity contribution in [3.63, 3.8) is 0 Å². The molecule has 1 atom stereocenters. The average molecular weight is 411 g/mol. The molecule has 2 aromatic rings. The van der Waals surface area contributed by atoms with E-state index in [4.69, 9.17) is 9.47 Å². The fourth-order valence-electron chi connectivity index (χ4n) is 3.70. The molecule has 3 rings (SSSR count). The molecule has 0 radical (unpaired) electrons. The Labute approximate surface area is 178 Å². The lowest BCUT2D eigenvalue weighted by atomic mass is 10.1. The standard InChI is InChI=1S/C24H30N2O4/c1-3-20(24(28)25-2)26(14-13-18-7-5-4-6-8-18)23(27)12-10-19-9-11-21-22(17-19)30-16-15-29-21/h4-9,11,17,20H,3,10,12-16H2,1-2H3,(H,25,28)/t20-/m1/s1. The van der Waals surface area contributed by atoms with Gasteiger partial charge in [0.1, 0.15) is 19.3 Å². The zero-order chi connectivity index (χ0) is 21.3. The van der Waals surface area contributed by atoms with Crippen LogP contribution in [0.1, 0.15) is 30.9 Å². The van der Waals surface area contributed by atoms with Crippen LogP contribution in [0.25, 0.3) is 0 Å². The largest absolute Gasteiger partial charge is 0.486 e. The van der Waals surface area contributed by atoms with Crippen LogP contribution in [-0.2, 0) is 22.4 Å². The van der Waals surface area contributed by atoms with Gasteiger partial charge in [-0.3, -0.25) is 9.59 Å². The molecule has 0 fully saturated rings. The second kappa shape index (κ2) is 10.7. The van der Waals surface area contributed by atoms with E-state index in [-0.39, 0.29) is 11.8 Å². The smallest absolute Gasteiger partial charge is 0.242 e. The molecule has 1 N–H and O–H groups in total. The molecule has 0 bridgehead atoms. The molecule has 2 aromatic carbocycles. The van der Waals surface area contributed by atoms with Crippen molar-refractivity contribution in [3.05, 3.63) is 59.7 Å². The molecule has 30 heavy (non-hydrogen) atoms. The first-order chi connectivity index (χ1) is 14.6. The highest BCUT2D eigenvalue weighted by molar-refractivity contribution is 5.87. The number of aryl methyl sites for hydroxylation is 1. The normalized spacial score (nSPS) is 13.4. The molecule has 0 saturated carbocycles. The molecule has 1 aliphatic rings. The Hall–Kier alpha value is -3.02. The van der Waals surface area contributed by atoms with E-state index in [1.165, 1.54) is 0 Å². The number of rotatable bonds is 9. The molecule has 0 spiro atoms. The molecule has 0 saturated heterocycles. The molecule has 0 aromatic heterocycles. The summed E-state index contributed by atoms with van der Waals surface area (Å²) in [6.45, 7) is 3.53. The number of hydrogen-bond acceptors (Lipinski definition) is 4. The Kier molecular flexibility index (Phi) is 7.71. The molecular formula is C24H30N2O4. The lowest BCUT2D eigenvalue weighted by Gasteiger charge is -2.30. The van der Waals surface area contributed by atoms with Crippen LogP contribution in [0.4, 0.5) is 0 Å². The number of nitrogens with zero attached hydrogens (tertiary/aromatic N) is 1. The maximum Gasteiger partial charge on any atom is 0.242 e. The topological polar surface area (TPSA) is 67.9 Å². The third-order valence-corrected chi connectivity index (χ3v) is 5.35.